The molecule has 0 aliphatic heterocycles. The maximum atomic E-state index is 13.5. The van der Waals surface area contributed by atoms with Gasteiger partial charge in [0.15, 0.2) is 0 Å². The molecule has 216 valence electrons. The van der Waals surface area contributed by atoms with Crippen LogP contribution in [0.5, 0.6) is 0 Å². The number of alkyl carbamates (subject to hydrolysis) is 1. The zero-order chi connectivity index (χ0) is 29.5. The summed E-state index contributed by atoms with van der Waals surface area (Å²) in [6.45, 7) is 1.51. The van der Waals surface area contributed by atoms with Crippen LogP contribution in [-0.4, -0.2) is 55.7 Å². The molecular formula is C31H35N3O7. The van der Waals surface area contributed by atoms with Crippen LogP contribution in [-0.2, 0) is 48.2 Å². The minimum absolute atomic E-state index is 0.0239. The van der Waals surface area contributed by atoms with E-state index in [1.807, 2.05) is 91.0 Å². The number of benzene rings is 3. The van der Waals surface area contributed by atoms with E-state index in [1.54, 1.807) is 0 Å². The third-order valence-corrected chi connectivity index (χ3v) is 6.05. The molecule has 0 heterocycles. The largest absolute Gasteiger partial charge is 0.467 e. The van der Waals surface area contributed by atoms with Crippen molar-refractivity contribution in [3.05, 3.63) is 108 Å². The molecule has 0 bridgehead atoms. The first-order valence-electron chi connectivity index (χ1n) is 13.2. The highest BCUT2D eigenvalue weighted by molar-refractivity contribution is 5.93. The van der Waals surface area contributed by atoms with E-state index < -0.39 is 42.0 Å². The van der Waals surface area contributed by atoms with Gasteiger partial charge in [0.2, 0.25) is 11.8 Å². The Morgan fingerprint density at radius 1 is 0.659 bits per heavy atom. The molecule has 10 heteroatoms. The molecule has 0 fully saturated rings. The van der Waals surface area contributed by atoms with Crippen LogP contribution in [0.1, 0.15) is 23.6 Å². The van der Waals surface area contributed by atoms with Crippen LogP contribution >= 0.6 is 0 Å². The van der Waals surface area contributed by atoms with Crippen LogP contribution in [0.2, 0.25) is 0 Å². The second-order valence-corrected chi connectivity index (χ2v) is 9.26. The molecule has 3 rings (SSSR count). The summed E-state index contributed by atoms with van der Waals surface area (Å²) in [7, 11) is 1.21. The highest BCUT2D eigenvalue weighted by Crippen LogP contribution is 2.07. The second kappa shape index (κ2) is 16.4. The molecule has 0 saturated carbocycles. The van der Waals surface area contributed by atoms with Crippen molar-refractivity contribution in [1.82, 2.24) is 16.0 Å². The van der Waals surface area contributed by atoms with Crippen molar-refractivity contribution in [2.75, 3.05) is 13.7 Å². The average molecular weight is 562 g/mol. The van der Waals surface area contributed by atoms with Crippen LogP contribution in [0.25, 0.3) is 0 Å². The molecule has 0 aliphatic carbocycles. The van der Waals surface area contributed by atoms with E-state index in [1.165, 1.54) is 14.0 Å². The predicted molar refractivity (Wildman–Crippen MR) is 151 cm³/mol. The lowest BCUT2D eigenvalue weighted by Gasteiger charge is -2.24. The van der Waals surface area contributed by atoms with Crippen LogP contribution in [0, 0.1) is 0 Å². The van der Waals surface area contributed by atoms with Gasteiger partial charge in [-0.05, 0) is 23.6 Å². The summed E-state index contributed by atoms with van der Waals surface area (Å²) < 4.78 is 15.7. The number of carbonyl (C=O) groups is 4. The van der Waals surface area contributed by atoms with E-state index in [0.717, 1.165) is 16.7 Å². The molecule has 0 unspecified atom stereocenters. The van der Waals surface area contributed by atoms with E-state index >= 15 is 0 Å². The monoisotopic (exact) mass is 561 g/mol. The highest BCUT2D eigenvalue weighted by Gasteiger charge is 2.29. The van der Waals surface area contributed by atoms with Gasteiger partial charge < -0.3 is 30.2 Å². The number of carbonyl (C=O) groups excluding carboxylic acids is 4. The predicted octanol–water partition coefficient (Wildman–Crippen LogP) is 2.90. The topological polar surface area (TPSA) is 132 Å². The average Bonchev–Trinajstić information content (AvgIpc) is 3.00. The Morgan fingerprint density at radius 2 is 1.17 bits per heavy atom. The van der Waals surface area contributed by atoms with E-state index in [4.69, 9.17) is 9.47 Å². The zero-order valence-corrected chi connectivity index (χ0v) is 23.1. The maximum Gasteiger partial charge on any atom is 0.408 e. The quantitative estimate of drug-likeness (QED) is 0.258. The first kappa shape index (κ1) is 30.8. The first-order valence-corrected chi connectivity index (χ1v) is 13.2. The van der Waals surface area contributed by atoms with E-state index in [-0.39, 0.29) is 26.2 Å². The molecular weight excluding hydrogens is 526 g/mol. The summed E-state index contributed by atoms with van der Waals surface area (Å²) in [4.78, 5) is 51.1. The van der Waals surface area contributed by atoms with Crippen molar-refractivity contribution >= 4 is 23.9 Å². The number of rotatable bonds is 14. The molecule has 10 nitrogen and oxygen atoms in total. The van der Waals surface area contributed by atoms with Crippen molar-refractivity contribution in [3.8, 4) is 0 Å². The van der Waals surface area contributed by atoms with Gasteiger partial charge in [0.25, 0.3) is 0 Å². The smallest absolute Gasteiger partial charge is 0.408 e. The summed E-state index contributed by atoms with van der Waals surface area (Å²) in [5.41, 5.74) is 2.46. The van der Waals surface area contributed by atoms with Gasteiger partial charge in [-0.15, -0.1) is 0 Å². The molecule has 0 spiro atoms. The van der Waals surface area contributed by atoms with Gasteiger partial charge in [0, 0.05) is 6.42 Å². The van der Waals surface area contributed by atoms with E-state index in [9.17, 15) is 19.2 Å². The number of esters is 1. The Bertz CT molecular complexity index is 1260. The molecule has 0 aliphatic rings. The Morgan fingerprint density at radius 3 is 1.73 bits per heavy atom. The Labute approximate surface area is 239 Å². The molecule has 3 N–H and O–H groups in total. The molecule has 0 radical (unpaired) electrons. The van der Waals surface area contributed by atoms with Gasteiger partial charge in [-0.25, -0.2) is 9.59 Å². The Hall–Kier alpha value is -4.70. The maximum absolute atomic E-state index is 13.5. The minimum Gasteiger partial charge on any atom is -0.467 e. The van der Waals surface area contributed by atoms with E-state index in [0.29, 0.717) is 0 Å². The molecule has 41 heavy (non-hydrogen) atoms. The van der Waals surface area contributed by atoms with Gasteiger partial charge in [-0.1, -0.05) is 91.0 Å². The van der Waals surface area contributed by atoms with Gasteiger partial charge in [0.05, 0.1) is 20.3 Å². The fourth-order valence-electron chi connectivity index (χ4n) is 3.84. The van der Waals surface area contributed by atoms with Crippen LogP contribution in [0.3, 0.4) is 0 Å². The molecule has 0 aromatic heterocycles. The lowest BCUT2D eigenvalue weighted by atomic mass is 10.0. The van der Waals surface area contributed by atoms with Crippen LogP contribution in [0.15, 0.2) is 91.0 Å². The third-order valence-electron chi connectivity index (χ3n) is 6.05. The number of hydrogen-bond acceptors (Lipinski definition) is 7. The molecule has 3 atom stereocenters. The number of ether oxygens (including phenoxy) is 3. The lowest BCUT2D eigenvalue weighted by molar-refractivity contribution is -0.145. The van der Waals surface area contributed by atoms with Crippen molar-refractivity contribution in [3.63, 3.8) is 0 Å². The van der Waals surface area contributed by atoms with Gasteiger partial charge in [0.1, 0.15) is 24.7 Å². The van der Waals surface area contributed by atoms with Crippen molar-refractivity contribution in [2.24, 2.45) is 0 Å². The van der Waals surface area contributed by atoms with E-state index in [2.05, 4.69) is 20.7 Å². The molecule has 3 aromatic rings. The fourth-order valence-corrected chi connectivity index (χ4v) is 3.84. The number of hydrogen-bond donors (Lipinski definition) is 3. The van der Waals surface area contributed by atoms with Gasteiger partial charge >= 0.3 is 12.1 Å². The summed E-state index contributed by atoms with van der Waals surface area (Å²) in [6, 6.07) is 24.4. The number of amides is 3. The second-order valence-electron chi connectivity index (χ2n) is 9.26. The third kappa shape index (κ3) is 10.8. The van der Waals surface area contributed by atoms with Crippen LogP contribution in [0.4, 0.5) is 4.79 Å². The van der Waals surface area contributed by atoms with Crippen LogP contribution < -0.4 is 16.0 Å². The standard InChI is InChI=1S/C31H35N3O7/c1-22(30(37)39-2)32-29(36)27(21-40-19-24-14-8-4-9-15-24)33-28(35)26(18-23-12-6-3-7-13-23)34-31(38)41-20-25-16-10-5-11-17-25/h3-17,22,26-27H,18-21H2,1-2H3,(H,32,36)(H,33,35)(H,34,38)/t22-,26-,27-/m0/s1. The summed E-state index contributed by atoms with van der Waals surface area (Å²) in [6.07, 6.45) is -0.643. The SMILES string of the molecule is COC(=O)[C@H](C)NC(=O)[C@H](COCc1ccccc1)NC(=O)[C@H](Cc1ccccc1)NC(=O)OCc1ccccc1. The summed E-state index contributed by atoms with van der Waals surface area (Å²) >= 11 is 0. The minimum atomic E-state index is -1.17. The normalized spacial score (nSPS) is 12.7. The molecule has 3 amide bonds. The number of nitrogens with one attached hydrogen (secondary N) is 3. The van der Waals surface area contributed by atoms with Gasteiger partial charge in [-0.2, -0.15) is 0 Å². The van der Waals surface area contributed by atoms with Crippen molar-refractivity contribution in [2.45, 2.75) is 44.7 Å². The van der Waals surface area contributed by atoms with Crippen molar-refractivity contribution in [1.29, 1.82) is 0 Å². The zero-order valence-electron chi connectivity index (χ0n) is 23.1. The number of methoxy groups -OCH3 is 1. The first-order chi connectivity index (χ1) is 19.9. The molecule has 3 aromatic carbocycles. The summed E-state index contributed by atoms with van der Waals surface area (Å²) in [5, 5.41) is 7.81. The highest BCUT2D eigenvalue weighted by atomic mass is 16.5. The Balaban J connectivity index is 1.71. The fraction of sp³-hybridized carbons (Fsp3) is 0.290. The van der Waals surface area contributed by atoms with Gasteiger partial charge in [-0.3, -0.25) is 9.59 Å². The van der Waals surface area contributed by atoms with Crippen molar-refractivity contribution < 1.29 is 33.4 Å². The molecule has 0 saturated heterocycles. The lowest BCUT2D eigenvalue weighted by Crippen LogP contribution is -2.57. The Kier molecular flexibility index (Phi) is 12.3. The summed E-state index contributed by atoms with van der Waals surface area (Å²) in [5.74, 6) is -1.91.